The number of nitrogens with one attached hydrogen (secondary N) is 1. The minimum absolute atomic E-state index is 0.0637. The average Bonchev–Trinajstić information content (AvgIpc) is 3.38. The van der Waals surface area contributed by atoms with Gasteiger partial charge in [0.2, 0.25) is 5.82 Å². The lowest BCUT2D eigenvalue weighted by Crippen LogP contribution is -2.15. The van der Waals surface area contributed by atoms with Crippen LogP contribution in [0.3, 0.4) is 0 Å². The number of carbonyl (C=O) groups excluding carboxylic acids is 1. The van der Waals surface area contributed by atoms with Gasteiger partial charge in [0.25, 0.3) is 0 Å². The molecule has 0 unspecified atom stereocenters. The quantitative estimate of drug-likeness (QED) is 0.260. The van der Waals surface area contributed by atoms with Crippen LogP contribution < -0.4 is 0 Å². The van der Waals surface area contributed by atoms with E-state index in [1.807, 2.05) is 55.7 Å². The van der Waals surface area contributed by atoms with Crippen molar-refractivity contribution >= 4 is 28.4 Å². The van der Waals surface area contributed by atoms with Crippen molar-refractivity contribution in [1.29, 1.82) is 0 Å². The molecule has 0 aliphatic carbocycles. The predicted molar refractivity (Wildman–Crippen MR) is 115 cm³/mol. The summed E-state index contributed by atoms with van der Waals surface area (Å²) in [6, 6.07) is 9.75. The molecule has 0 saturated heterocycles. The smallest absolute Gasteiger partial charge is 0.201 e. The van der Waals surface area contributed by atoms with Crippen LogP contribution in [0.2, 0.25) is 0 Å². The molecule has 0 saturated carbocycles. The van der Waals surface area contributed by atoms with Crippen molar-refractivity contribution in [2.24, 2.45) is 0 Å². The first kappa shape index (κ1) is 19.3. The highest BCUT2D eigenvalue weighted by Gasteiger charge is 2.25. The molecule has 0 fully saturated rings. The van der Waals surface area contributed by atoms with Gasteiger partial charge in [-0.3, -0.25) is 9.36 Å². The van der Waals surface area contributed by atoms with Crippen molar-refractivity contribution in [3.63, 3.8) is 0 Å². The van der Waals surface area contributed by atoms with Crippen LogP contribution in [0.4, 0.5) is 0 Å². The fourth-order valence-corrected chi connectivity index (χ4v) is 4.37. The van der Waals surface area contributed by atoms with E-state index in [4.69, 9.17) is 4.42 Å². The Kier molecular flexibility index (Phi) is 5.15. The molecule has 1 atom stereocenters. The SMILES string of the molecule is C=CCn1c(S[C@H](C)C(=O)c2c(C)[nH]c3ccccc23)nnc1-c1occc1C. The number of benzene rings is 1. The van der Waals surface area contributed by atoms with Crippen LogP contribution in [0, 0.1) is 13.8 Å². The first-order valence-electron chi connectivity index (χ1n) is 9.38. The molecular weight excluding hydrogens is 384 g/mol. The second kappa shape index (κ2) is 7.75. The van der Waals surface area contributed by atoms with E-state index in [0.29, 0.717) is 23.3 Å². The maximum Gasteiger partial charge on any atom is 0.201 e. The topological polar surface area (TPSA) is 76.7 Å². The first-order valence-corrected chi connectivity index (χ1v) is 10.3. The third-order valence-electron chi connectivity index (χ3n) is 4.89. The van der Waals surface area contributed by atoms with E-state index in [-0.39, 0.29) is 11.0 Å². The van der Waals surface area contributed by atoms with Gasteiger partial charge in [0.1, 0.15) is 0 Å². The lowest BCUT2D eigenvalue weighted by atomic mass is 10.1. The second-order valence-electron chi connectivity index (χ2n) is 6.93. The van der Waals surface area contributed by atoms with Crippen LogP contribution in [-0.4, -0.2) is 30.8 Å². The van der Waals surface area contributed by atoms with Crippen molar-refractivity contribution in [3.8, 4) is 11.6 Å². The van der Waals surface area contributed by atoms with Gasteiger partial charge in [-0.25, -0.2) is 0 Å². The number of hydrogen-bond acceptors (Lipinski definition) is 5. The first-order chi connectivity index (χ1) is 14.0. The van der Waals surface area contributed by atoms with Crippen molar-refractivity contribution in [1.82, 2.24) is 19.7 Å². The van der Waals surface area contributed by atoms with E-state index < -0.39 is 0 Å². The fraction of sp³-hybridized carbons (Fsp3) is 0.227. The van der Waals surface area contributed by atoms with Gasteiger partial charge in [-0.2, -0.15) is 0 Å². The minimum Gasteiger partial charge on any atom is -0.461 e. The number of nitrogens with zero attached hydrogens (tertiary/aromatic N) is 3. The number of H-pyrrole nitrogens is 1. The number of carbonyl (C=O) groups is 1. The van der Waals surface area contributed by atoms with Crippen LogP contribution in [-0.2, 0) is 6.54 Å². The summed E-state index contributed by atoms with van der Waals surface area (Å²) in [6.45, 7) is 10.2. The van der Waals surface area contributed by atoms with Crippen LogP contribution in [0.15, 0.2) is 58.8 Å². The van der Waals surface area contributed by atoms with E-state index in [1.165, 1.54) is 11.8 Å². The Labute approximate surface area is 173 Å². The number of aromatic amines is 1. The maximum atomic E-state index is 13.3. The zero-order chi connectivity index (χ0) is 20.5. The molecule has 1 N–H and O–H groups in total. The van der Waals surface area contributed by atoms with Gasteiger partial charge in [0, 0.05) is 28.7 Å². The number of allylic oxidation sites excluding steroid dienone is 1. The summed E-state index contributed by atoms with van der Waals surface area (Å²) in [5.74, 6) is 1.38. The number of furan rings is 1. The highest BCUT2D eigenvalue weighted by atomic mass is 32.2. The van der Waals surface area contributed by atoms with E-state index in [2.05, 4.69) is 21.8 Å². The summed E-state index contributed by atoms with van der Waals surface area (Å²) in [4.78, 5) is 16.6. The number of fused-ring (bicyclic) bond motifs is 1. The van der Waals surface area contributed by atoms with Gasteiger partial charge in [-0.05, 0) is 38.5 Å². The molecule has 1 aromatic carbocycles. The molecule has 148 valence electrons. The number of hydrogen-bond donors (Lipinski definition) is 1. The summed E-state index contributed by atoms with van der Waals surface area (Å²) >= 11 is 1.39. The second-order valence-corrected chi connectivity index (χ2v) is 8.24. The molecule has 0 amide bonds. The highest BCUT2D eigenvalue weighted by molar-refractivity contribution is 8.00. The monoisotopic (exact) mass is 406 g/mol. The minimum atomic E-state index is -0.328. The van der Waals surface area contributed by atoms with E-state index in [0.717, 1.165) is 27.7 Å². The number of rotatable bonds is 7. The summed E-state index contributed by atoms with van der Waals surface area (Å²) in [7, 11) is 0. The standard InChI is InChI=1S/C22H22N4O2S/c1-5-11-26-21(20-13(2)10-12-28-20)24-25-22(26)29-15(4)19(27)18-14(3)23-17-9-7-6-8-16(17)18/h5-10,12,15,23H,1,11H2,2-4H3/t15-/m1/s1. The zero-order valence-electron chi connectivity index (χ0n) is 16.6. The zero-order valence-corrected chi connectivity index (χ0v) is 17.4. The number of ketones is 1. The van der Waals surface area contributed by atoms with Gasteiger partial charge in [-0.1, -0.05) is 36.0 Å². The van der Waals surface area contributed by atoms with Gasteiger partial charge in [0.05, 0.1) is 11.5 Å². The van der Waals surface area contributed by atoms with E-state index >= 15 is 0 Å². The molecule has 3 aromatic heterocycles. The van der Waals surface area contributed by atoms with Crippen LogP contribution in [0.1, 0.15) is 28.5 Å². The lowest BCUT2D eigenvalue weighted by molar-refractivity contribution is 0.0995. The summed E-state index contributed by atoms with van der Waals surface area (Å²) in [5, 5.41) is 9.92. The van der Waals surface area contributed by atoms with Gasteiger partial charge in [0.15, 0.2) is 16.7 Å². The molecule has 4 rings (SSSR count). The Bertz CT molecular complexity index is 1200. The van der Waals surface area contributed by atoms with Crippen LogP contribution in [0.5, 0.6) is 0 Å². The summed E-state index contributed by atoms with van der Waals surface area (Å²) < 4.78 is 7.51. The van der Waals surface area contributed by atoms with Gasteiger partial charge >= 0.3 is 0 Å². The average molecular weight is 407 g/mol. The van der Waals surface area contributed by atoms with Crippen molar-refractivity contribution < 1.29 is 9.21 Å². The summed E-state index contributed by atoms with van der Waals surface area (Å²) in [6.07, 6.45) is 3.42. The molecule has 0 aliphatic heterocycles. The number of thioether (sulfide) groups is 1. The Morgan fingerprint density at radius 3 is 2.83 bits per heavy atom. The number of para-hydroxylation sites is 1. The molecule has 7 heteroatoms. The van der Waals surface area contributed by atoms with Crippen molar-refractivity contribution in [2.75, 3.05) is 0 Å². The molecule has 29 heavy (non-hydrogen) atoms. The lowest BCUT2D eigenvalue weighted by Gasteiger charge is -2.12. The molecule has 0 aliphatic rings. The highest BCUT2D eigenvalue weighted by Crippen LogP contribution is 2.32. The molecule has 0 spiro atoms. The Morgan fingerprint density at radius 1 is 1.31 bits per heavy atom. The Morgan fingerprint density at radius 2 is 2.10 bits per heavy atom. The third kappa shape index (κ3) is 3.42. The molecule has 0 radical (unpaired) electrons. The number of aromatic nitrogens is 4. The maximum absolute atomic E-state index is 13.3. The normalized spacial score (nSPS) is 12.4. The van der Waals surface area contributed by atoms with Crippen LogP contribution in [0.25, 0.3) is 22.5 Å². The Balaban J connectivity index is 1.66. The van der Waals surface area contributed by atoms with Gasteiger partial charge in [-0.15, -0.1) is 16.8 Å². The number of aryl methyl sites for hydroxylation is 2. The predicted octanol–water partition coefficient (Wildman–Crippen LogP) is 5.19. The Hall–Kier alpha value is -3.06. The largest absolute Gasteiger partial charge is 0.461 e. The van der Waals surface area contributed by atoms with Crippen LogP contribution >= 0.6 is 11.8 Å². The summed E-state index contributed by atoms with van der Waals surface area (Å²) in [5.41, 5.74) is 3.56. The van der Waals surface area contributed by atoms with E-state index in [1.54, 1.807) is 12.3 Å². The molecule has 6 nitrogen and oxygen atoms in total. The molecule has 0 bridgehead atoms. The molecule has 4 aromatic rings. The molecular formula is C22H22N4O2S. The van der Waals surface area contributed by atoms with Crippen molar-refractivity contribution in [2.45, 2.75) is 37.7 Å². The fourth-order valence-electron chi connectivity index (χ4n) is 3.45. The molecule has 3 heterocycles. The van der Waals surface area contributed by atoms with Gasteiger partial charge < -0.3 is 9.40 Å². The van der Waals surface area contributed by atoms with E-state index in [9.17, 15) is 4.79 Å². The number of Topliss-reactive ketones (excluding diaryl/α,β-unsaturated/α-hetero) is 1. The van der Waals surface area contributed by atoms with Crippen molar-refractivity contribution in [3.05, 3.63) is 66.1 Å². The third-order valence-corrected chi connectivity index (χ3v) is 5.97.